The molecule has 0 spiro atoms. The predicted molar refractivity (Wildman–Crippen MR) is 78.4 cm³/mol. The number of hydrogen-bond acceptors (Lipinski definition) is 3. The van der Waals surface area contributed by atoms with E-state index in [0.717, 1.165) is 23.5 Å². The van der Waals surface area contributed by atoms with Crippen molar-refractivity contribution in [2.75, 3.05) is 13.7 Å². The second-order valence-corrected chi connectivity index (χ2v) is 5.09. The Kier molecular flexibility index (Phi) is 4.75. The molecule has 0 aliphatic heterocycles. The first kappa shape index (κ1) is 15.3. The molecule has 0 amide bonds. The molecule has 0 radical (unpaired) electrons. The van der Waals surface area contributed by atoms with Crippen molar-refractivity contribution in [3.05, 3.63) is 47.5 Å². The zero-order chi connectivity index (χ0) is 15.4. The highest BCUT2D eigenvalue weighted by atomic mass is 16.5. The van der Waals surface area contributed by atoms with Crippen molar-refractivity contribution in [3.63, 3.8) is 0 Å². The Hall–Kier alpha value is -2.14. The van der Waals surface area contributed by atoms with Crippen molar-refractivity contribution in [3.8, 4) is 5.75 Å². The largest absolute Gasteiger partial charge is 0.503 e. The van der Waals surface area contributed by atoms with E-state index in [0.29, 0.717) is 6.61 Å². The van der Waals surface area contributed by atoms with Gasteiger partial charge < -0.3 is 14.4 Å². The summed E-state index contributed by atoms with van der Waals surface area (Å²) in [7, 11) is 1.67. The SMILES string of the molecule is COCCn1c(C)cc(C(=O)C[n+]2cccc(O)c2)c1C. The minimum atomic E-state index is 0.0300. The van der Waals surface area contributed by atoms with Gasteiger partial charge in [0.15, 0.2) is 11.9 Å². The molecular formula is C16H21N2O3+. The van der Waals surface area contributed by atoms with Gasteiger partial charge in [-0.2, -0.15) is 4.57 Å². The van der Waals surface area contributed by atoms with Crippen LogP contribution in [-0.4, -0.2) is 29.2 Å². The molecule has 0 aliphatic carbocycles. The Balaban J connectivity index is 2.19. The van der Waals surface area contributed by atoms with Crippen LogP contribution in [0.2, 0.25) is 0 Å². The molecule has 2 heterocycles. The molecule has 0 unspecified atom stereocenters. The summed E-state index contributed by atoms with van der Waals surface area (Å²) in [6.07, 6.45) is 3.31. The number of carbonyl (C=O) groups is 1. The molecule has 0 aliphatic rings. The van der Waals surface area contributed by atoms with Crippen LogP contribution in [0.15, 0.2) is 30.6 Å². The van der Waals surface area contributed by atoms with E-state index in [1.54, 1.807) is 36.2 Å². The third-order valence-electron chi connectivity index (χ3n) is 3.56. The summed E-state index contributed by atoms with van der Waals surface area (Å²) >= 11 is 0. The van der Waals surface area contributed by atoms with Gasteiger partial charge in [0.2, 0.25) is 18.5 Å². The van der Waals surface area contributed by atoms with Gasteiger partial charge in [0.25, 0.3) is 0 Å². The third kappa shape index (κ3) is 3.49. The number of nitrogens with zero attached hydrogens (tertiary/aromatic N) is 2. The summed E-state index contributed by atoms with van der Waals surface area (Å²) in [6, 6.07) is 5.21. The van der Waals surface area contributed by atoms with Gasteiger partial charge in [-0.1, -0.05) is 0 Å². The Bertz CT molecular complexity index is 647. The maximum Gasteiger partial charge on any atom is 0.229 e. The lowest BCUT2D eigenvalue weighted by Crippen LogP contribution is -2.37. The number of methoxy groups -OCH3 is 1. The van der Waals surface area contributed by atoms with Gasteiger partial charge >= 0.3 is 0 Å². The number of rotatable bonds is 6. The lowest BCUT2D eigenvalue weighted by molar-refractivity contribution is -0.683. The Morgan fingerprint density at radius 1 is 1.43 bits per heavy atom. The molecule has 2 rings (SSSR count). The van der Waals surface area contributed by atoms with Gasteiger partial charge in [-0.3, -0.25) is 4.79 Å². The van der Waals surface area contributed by atoms with E-state index in [-0.39, 0.29) is 18.1 Å². The summed E-state index contributed by atoms with van der Waals surface area (Å²) in [6.45, 7) is 5.50. The molecule has 2 aromatic heterocycles. The maximum absolute atomic E-state index is 12.4. The van der Waals surface area contributed by atoms with E-state index in [1.807, 2.05) is 19.9 Å². The van der Waals surface area contributed by atoms with E-state index in [9.17, 15) is 9.90 Å². The standard InChI is InChI=1S/C16H20N2O3/c1-12-9-15(13(2)18(12)7-8-21-3)16(20)11-17-6-4-5-14(19)10-17/h4-6,9-10H,7-8,11H2,1-3H3/p+1. The van der Waals surface area contributed by atoms with Crippen LogP contribution in [0.1, 0.15) is 21.7 Å². The van der Waals surface area contributed by atoms with E-state index in [2.05, 4.69) is 4.57 Å². The van der Waals surface area contributed by atoms with Crippen molar-refractivity contribution in [2.45, 2.75) is 26.9 Å². The molecule has 21 heavy (non-hydrogen) atoms. The number of ketones is 1. The van der Waals surface area contributed by atoms with Crippen molar-refractivity contribution in [1.82, 2.24) is 4.57 Å². The van der Waals surface area contributed by atoms with Crippen LogP contribution in [0, 0.1) is 13.8 Å². The number of Topliss-reactive ketones (excluding diaryl/α,β-unsaturated/α-hetero) is 1. The molecule has 5 nitrogen and oxygen atoms in total. The smallest absolute Gasteiger partial charge is 0.229 e. The highest BCUT2D eigenvalue weighted by molar-refractivity contribution is 5.96. The fraction of sp³-hybridized carbons (Fsp3) is 0.375. The van der Waals surface area contributed by atoms with Gasteiger partial charge in [0.1, 0.15) is 0 Å². The first-order valence-corrected chi connectivity index (χ1v) is 6.90. The zero-order valence-corrected chi connectivity index (χ0v) is 12.7. The second kappa shape index (κ2) is 6.54. The molecule has 0 bridgehead atoms. The van der Waals surface area contributed by atoms with Crippen molar-refractivity contribution in [2.24, 2.45) is 0 Å². The minimum absolute atomic E-state index is 0.0300. The van der Waals surface area contributed by atoms with Gasteiger partial charge in [-0.25, -0.2) is 0 Å². The monoisotopic (exact) mass is 289 g/mol. The van der Waals surface area contributed by atoms with Crippen LogP contribution < -0.4 is 4.57 Å². The molecule has 0 saturated heterocycles. The summed E-state index contributed by atoms with van der Waals surface area (Å²) < 4.78 is 8.86. The number of pyridine rings is 1. The number of aromatic hydroxyl groups is 1. The van der Waals surface area contributed by atoms with Crippen molar-refractivity contribution >= 4 is 5.78 Å². The first-order chi connectivity index (χ1) is 10.0. The quantitative estimate of drug-likeness (QED) is 0.649. The van der Waals surface area contributed by atoms with E-state index < -0.39 is 0 Å². The summed E-state index contributed by atoms with van der Waals surface area (Å²) in [5, 5.41) is 9.45. The average molecular weight is 289 g/mol. The van der Waals surface area contributed by atoms with Gasteiger partial charge in [0, 0.05) is 36.7 Å². The summed E-state index contributed by atoms with van der Waals surface area (Å²) in [5.74, 6) is 0.179. The van der Waals surface area contributed by atoms with Crippen LogP contribution in [0.25, 0.3) is 0 Å². The molecule has 5 heteroatoms. The predicted octanol–water partition coefficient (Wildman–Crippen LogP) is 1.63. The molecule has 112 valence electrons. The molecule has 1 N–H and O–H groups in total. The fourth-order valence-corrected chi connectivity index (χ4v) is 2.47. The van der Waals surface area contributed by atoms with Gasteiger partial charge in [0.05, 0.1) is 6.61 Å². The molecule has 0 saturated carbocycles. The van der Waals surface area contributed by atoms with E-state index in [1.165, 1.54) is 0 Å². The lowest BCUT2D eigenvalue weighted by Gasteiger charge is -2.08. The van der Waals surface area contributed by atoms with Crippen LogP contribution >= 0.6 is 0 Å². The second-order valence-electron chi connectivity index (χ2n) is 5.09. The molecule has 0 fully saturated rings. The van der Waals surface area contributed by atoms with Gasteiger partial charge in [-0.15, -0.1) is 0 Å². The number of carbonyl (C=O) groups excluding carboxylic acids is 1. The Labute approximate surface area is 124 Å². The Morgan fingerprint density at radius 2 is 2.19 bits per heavy atom. The number of aromatic nitrogens is 2. The lowest BCUT2D eigenvalue weighted by atomic mass is 10.1. The highest BCUT2D eigenvalue weighted by Crippen LogP contribution is 2.16. The fourth-order valence-electron chi connectivity index (χ4n) is 2.47. The third-order valence-corrected chi connectivity index (χ3v) is 3.56. The molecule has 0 atom stereocenters. The molecular weight excluding hydrogens is 268 g/mol. The van der Waals surface area contributed by atoms with Crippen molar-refractivity contribution < 1.29 is 19.2 Å². The average Bonchev–Trinajstić information content (AvgIpc) is 2.72. The zero-order valence-electron chi connectivity index (χ0n) is 12.7. The first-order valence-electron chi connectivity index (χ1n) is 6.90. The number of aryl methyl sites for hydroxylation is 1. The highest BCUT2D eigenvalue weighted by Gasteiger charge is 2.19. The van der Waals surface area contributed by atoms with Crippen LogP contribution in [-0.2, 0) is 17.8 Å². The van der Waals surface area contributed by atoms with E-state index in [4.69, 9.17) is 4.74 Å². The summed E-state index contributed by atoms with van der Waals surface area (Å²) in [5.41, 5.74) is 2.73. The van der Waals surface area contributed by atoms with Gasteiger partial charge in [-0.05, 0) is 26.0 Å². The van der Waals surface area contributed by atoms with Crippen molar-refractivity contribution in [1.29, 1.82) is 0 Å². The number of hydrogen-bond donors (Lipinski definition) is 1. The normalized spacial score (nSPS) is 10.8. The number of ether oxygens (including phenoxy) is 1. The Morgan fingerprint density at radius 3 is 2.86 bits per heavy atom. The van der Waals surface area contributed by atoms with Crippen LogP contribution in [0.4, 0.5) is 0 Å². The maximum atomic E-state index is 12.4. The van der Waals surface area contributed by atoms with Crippen LogP contribution in [0.5, 0.6) is 5.75 Å². The summed E-state index contributed by atoms with van der Waals surface area (Å²) in [4.78, 5) is 12.4. The molecule has 0 aromatic carbocycles. The topological polar surface area (TPSA) is 55.3 Å². The van der Waals surface area contributed by atoms with Crippen LogP contribution in [0.3, 0.4) is 0 Å². The minimum Gasteiger partial charge on any atom is -0.503 e. The van der Waals surface area contributed by atoms with E-state index >= 15 is 0 Å². The molecule has 2 aromatic rings.